The summed E-state index contributed by atoms with van der Waals surface area (Å²) in [5.74, 6) is -0.578. The molecule has 0 bridgehead atoms. The van der Waals surface area contributed by atoms with Crippen molar-refractivity contribution in [1.82, 2.24) is 5.43 Å². The van der Waals surface area contributed by atoms with Crippen molar-refractivity contribution >= 4 is 61.5 Å². The van der Waals surface area contributed by atoms with E-state index in [9.17, 15) is 13.2 Å². The topological polar surface area (TPSA) is 78.8 Å². The Morgan fingerprint density at radius 3 is 2.44 bits per heavy atom. The van der Waals surface area contributed by atoms with Crippen LogP contribution in [0.2, 0.25) is 5.02 Å². The fourth-order valence-corrected chi connectivity index (χ4v) is 5.01. The van der Waals surface area contributed by atoms with Crippen LogP contribution in [-0.2, 0) is 14.8 Å². The molecule has 0 aromatic heterocycles. The quantitative estimate of drug-likeness (QED) is 0.243. The maximum atomic E-state index is 13.3. The molecule has 3 aromatic rings. The summed E-state index contributed by atoms with van der Waals surface area (Å²) >= 11 is 8.42. The maximum absolute atomic E-state index is 13.3. The van der Waals surface area contributed by atoms with E-state index in [0.717, 1.165) is 19.0 Å². The Balaban J connectivity index is 1.89. The van der Waals surface area contributed by atoms with Gasteiger partial charge in [0.15, 0.2) is 0 Å². The van der Waals surface area contributed by atoms with E-state index in [1.54, 1.807) is 37.3 Å². The summed E-state index contributed by atoms with van der Waals surface area (Å²) < 4.78 is 28.7. The molecule has 166 valence electrons. The number of rotatable bonds is 7. The number of hydrazone groups is 1. The highest BCUT2D eigenvalue weighted by atomic mass is 127. The summed E-state index contributed by atoms with van der Waals surface area (Å²) in [5, 5.41) is 4.54. The minimum absolute atomic E-state index is 0.0723. The Morgan fingerprint density at radius 1 is 1.06 bits per heavy atom. The second kappa shape index (κ2) is 10.5. The molecular formula is C23H21ClIN3O3S. The molecule has 1 amide bonds. The SMILES string of the molecule is CC(=NNC(=O)CN(c1ccc(C)c(Cl)c1)S(=O)(=O)c1ccccc1)c1cccc(I)c1. The van der Waals surface area contributed by atoms with Gasteiger partial charge >= 0.3 is 0 Å². The third kappa shape index (κ3) is 5.87. The van der Waals surface area contributed by atoms with E-state index < -0.39 is 22.5 Å². The molecule has 3 rings (SSSR count). The zero-order valence-corrected chi connectivity index (χ0v) is 21.1. The van der Waals surface area contributed by atoms with E-state index in [4.69, 9.17) is 11.6 Å². The van der Waals surface area contributed by atoms with Crippen molar-refractivity contribution < 1.29 is 13.2 Å². The molecule has 1 N–H and O–H groups in total. The number of halogens is 2. The van der Waals surface area contributed by atoms with Crippen molar-refractivity contribution in [3.05, 3.63) is 92.5 Å². The molecular weight excluding hydrogens is 561 g/mol. The fourth-order valence-electron chi connectivity index (χ4n) is 2.86. The van der Waals surface area contributed by atoms with Gasteiger partial charge in [0.1, 0.15) is 6.54 Å². The molecule has 0 fully saturated rings. The first-order chi connectivity index (χ1) is 15.2. The Hall–Kier alpha value is -2.43. The smallest absolute Gasteiger partial charge is 0.264 e. The third-order valence-electron chi connectivity index (χ3n) is 4.65. The van der Waals surface area contributed by atoms with Gasteiger partial charge in [-0.25, -0.2) is 13.8 Å². The monoisotopic (exact) mass is 581 g/mol. The standard InChI is InChI=1S/C23H21ClIN3O3S/c1-16-11-12-20(14-22(16)24)28(32(30,31)21-9-4-3-5-10-21)15-23(29)27-26-17(2)18-7-6-8-19(25)13-18/h3-14H,15H2,1-2H3,(H,27,29). The third-order valence-corrected chi connectivity index (χ3v) is 7.52. The van der Waals surface area contributed by atoms with Crippen LogP contribution in [0.15, 0.2) is 82.8 Å². The molecule has 0 radical (unpaired) electrons. The number of amides is 1. The van der Waals surface area contributed by atoms with Gasteiger partial charge in [0.25, 0.3) is 15.9 Å². The van der Waals surface area contributed by atoms with Crippen molar-refractivity contribution in [2.24, 2.45) is 5.10 Å². The number of anilines is 1. The van der Waals surface area contributed by atoms with Crippen molar-refractivity contribution in [1.29, 1.82) is 0 Å². The van der Waals surface area contributed by atoms with E-state index in [1.165, 1.54) is 18.2 Å². The van der Waals surface area contributed by atoms with Crippen LogP contribution in [0.25, 0.3) is 0 Å². The van der Waals surface area contributed by atoms with Gasteiger partial charge in [0.2, 0.25) is 0 Å². The van der Waals surface area contributed by atoms with Gasteiger partial charge in [-0.3, -0.25) is 9.10 Å². The van der Waals surface area contributed by atoms with Crippen molar-refractivity contribution in [2.45, 2.75) is 18.7 Å². The van der Waals surface area contributed by atoms with E-state index in [0.29, 0.717) is 10.7 Å². The van der Waals surface area contributed by atoms with Gasteiger partial charge in [0, 0.05) is 8.59 Å². The summed E-state index contributed by atoms with van der Waals surface area (Å²) in [7, 11) is -4.01. The van der Waals surface area contributed by atoms with Crippen LogP contribution in [0, 0.1) is 10.5 Å². The van der Waals surface area contributed by atoms with E-state index in [-0.39, 0.29) is 10.6 Å². The highest BCUT2D eigenvalue weighted by Crippen LogP contribution is 2.27. The van der Waals surface area contributed by atoms with Crippen molar-refractivity contribution in [2.75, 3.05) is 10.8 Å². The zero-order valence-electron chi connectivity index (χ0n) is 17.4. The Bertz CT molecular complexity index is 1260. The first kappa shape index (κ1) is 24.2. The normalized spacial score (nSPS) is 11.8. The van der Waals surface area contributed by atoms with Gasteiger partial charge in [-0.05, 0) is 84.0 Å². The number of hydrogen-bond acceptors (Lipinski definition) is 4. The lowest BCUT2D eigenvalue weighted by molar-refractivity contribution is -0.119. The minimum Gasteiger partial charge on any atom is -0.271 e. The van der Waals surface area contributed by atoms with Gasteiger partial charge in [-0.15, -0.1) is 0 Å². The number of aryl methyl sites for hydroxylation is 1. The van der Waals surface area contributed by atoms with Gasteiger partial charge in [-0.1, -0.05) is 48.0 Å². The molecule has 9 heteroatoms. The molecule has 0 aliphatic heterocycles. The number of benzene rings is 3. The molecule has 0 saturated carbocycles. The van der Waals surface area contributed by atoms with Gasteiger partial charge < -0.3 is 0 Å². The average molecular weight is 582 g/mol. The fraction of sp³-hybridized carbons (Fsp3) is 0.130. The molecule has 32 heavy (non-hydrogen) atoms. The number of nitrogens with one attached hydrogen (secondary N) is 1. The molecule has 0 spiro atoms. The number of nitrogens with zero attached hydrogens (tertiary/aromatic N) is 2. The lowest BCUT2D eigenvalue weighted by Gasteiger charge is -2.24. The molecule has 3 aromatic carbocycles. The lowest BCUT2D eigenvalue weighted by atomic mass is 10.1. The molecule has 0 saturated heterocycles. The molecule has 0 unspecified atom stereocenters. The van der Waals surface area contributed by atoms with Crippen LogP contribution in [0.5, 0.6) is 0 Å². The predicted octanol–water partition coefficient (Wildman–Crippen LogP) is 4.99. The largest absolute Gasteiger partial charge is 0.271 e. The Labute approximate surface area is 206 Å². The molecule has 0 aliphatic rings. The van der Waals surface area contributed by atoms with E-state index in [1.807, 2.05) is 31.2 Å². The second-order valence-corrected chi connectivity index (χ2v) is 10.5. The van der Waals surface area contributed by atoms with E-state index in [2.05, 4.69) is 33.1 Å². The highest BCUT2D eigenvalue weighted by Gasteiger charge is 2.27. The maximum Gasteiger partial charge on any atom is 0.264 e. The Morgan fingerprint density at radius 2 is 1.78 bits per heavy atom. The first-order valence-electron chi connectivity index (χ1n) is 9.61. The molecule has 0 heterocycles. The highest BCUT2D eigenvalue weighted by molar-refractivity contribution is 14.1. The number of carbonyl (C=O) groups excluding carboxylic acids is 1. The minimum atomic E-state index is -4.01. The van der Waals surface area contributed by atoms with E-state index >= 15 is 0 Å². The van der Waals surface area contributed by atoms with Crippen molar-refractivity contribution in [3.63, 3.8) is 0 Å². The summed E-state index contributed by atoms with van der Waals surface area (Å²) in [5.41, 5.74) is 5.01. The van der Waals surface area contributed by atoms with Crippen LogP contribution in [-0.4, -0.2) is 26.6 Å². The molecule has 0 atom stereocenters. The van der Waals surface area contributed by atoms with Crippen LogP contribution < -0.4 is 9.73 Å². The molecule has 6 nitrogen and oxygen atoms in total. The van der Waals surface area contributed by atoms with Crippen LogP contribution >= 0.6 is 34.2 Å². The second-order valence-electron chi connectivity index (χ2n) is 7.00. The lowest BCUT2D eigenvalue weighted by Crippen LogP contribution is -2.39. The molecule has 0 aliphatic carbocycles. The van der Waals surface area contributed by atoms with Crippen molar-refractivity contribution in [3.8, 4) is 0 Å². The predicted molar refractivity (Wildman–Crippen MR) is 137 cm³/mol. The van der Waals surface area contributed by atoms with Crippen LogP contribution in [0.3, 0.4) is 0 Å². The zero-order chi connectivity index (χ0) is 23.3. The summed E-state index contributed by atoms with van der Waals surface area (Å²) in [6.07, 6.45) is 0. The first-order valence-corrected chi connectivity index (χ1v) is 12.5. The van der Waals surface area contributed by atoms with Gasteiger partial charge in [-0.2, -0.15) is 5.10 Å². The van der Waals surface area contributed by atoms with Crippen LogP contribution in [0.4, 0.5) is 5.69 Å². The number of carbonyl (C=O) groups is 1. The summed E-state index contributed by atoms with van der Waals surface area (Å²) in [6.45, 7) is 3.13. The van der Waals surface area contributed by atoms with Crippen LogP contribution in [0.1, 0.15) is 18.1 Å². The average Bonchev–Trinajstić information content (AvgIpc) is 2.78. The Kier molecular flexibility index (Phi) is 7.91. The van der Waals surface area contributed by atoms with Gasteiger partial charge in [0.05, 0.1) is 16.3 Å². The summed E-state index contributed by atoms with van der Waals surface area (Å²) in [4.78, 5) is 12.8. The number of sulfonamides is 1. The number of hydrogen-bond donors (Lipinski definition) is 1. The summed E-state index contributed by atoms with van der Waals surface area (Å²) in [6, 6.07) is 20.5.